The van der Waals surface area contributed by atoms with Crippen molar-refractivity contribution in [1.82, 2.24) is 0 Å². The van der Waals surface area contributed by atoms with E-state index < -0.39 is 0 Å². The number of carbonyl (C=O) groups is 2. The average molecular weight is 833 g/mol. The van der Waals surface area contributed by atoms with Crippen molar-refractivity contribution in [3.05, 3.63) is 11.4 Å². The SMILES string of the molecule is CCOC(=O)CC1(CC(=O)OCC)CCCCC1.NC1CCC2(CCCCC2)CC1.ON=C1CCC2(CCCCC2)CC1.[AlH3].[C-]#[N+]CCC1(CCC#N)CCCCC1.[H-].[Li+]. The smallest absolute Gasteiger partial charge is 1.00 e. The molecule has 6 saturated carbocycles. The van der Waals surface area contributed by atoms with Crippen molar-refractivity contribution in [2.45, 2.75) is 232 Å². The Hall–Kier alpha value is -1.52. The molecule has 332 valence electrons. The molecule has 11 heteroatoms. The largest absolute Gasteiger partial charge is 1.00 e. The normalized spacial score (nSPS) is 22.5. The van der Waals surface area contributed by atoms with Crippen LogP contribution in [-0.2, 0) is 19.1 Å². The van der Waals surface area contributed by atoms with Crippen molar-refractivity contribution < 1.29 is 44.6 Å². The van der Waals surface area contributed by atoms with E-state index in [-0.39, 0.29) is 55.0 Å². The fraction of sp³-hybridized carbons (Fsp3) is 0.896. The van der Waals surface area contributed by atoms with Gasteiger partial charge in [0.15, 0.2) is 17.4 Å². The molecular formula is C48H86AlLiN4O5. The summed E-state index contributed by atoms with van der Waals surface area (Å²) < 4.78 is 10.0. The summed E-state index contributed by atoms with van der Waals surface area (Å²) in [6.45, 7) is 11.9. The molecule has 6 rings (SSSR count). The second-order valence-electron chi connectivity index (χ2n) is 19.0. The fourth-order valence-electron chi connectivity index (χ4n) is 11.3. The van der Waals surface area contributed by atoms with E-state index in [1.807, 2.05) is 0 Å². The first-order valence-electron chi connectivity index (χ1n) is 23.6. The Balaban J connectivity index is 0.000000768. The molecule has 0 aromatic rings. The Bertz CT molecular complexity index is 1220. The molecule has 9 nitrogen and oxygen atoms in total. The topological polar surface area (TPSA) is 139 Å². The second kappa shape index (κ2) is 30.5. The van der Waals surface area contributed by atoms with E-state index in [0.717, 1.165) is 62.5 Å². The molecule has 0 bridgehead atoms. The van der Waals surface area contributed by atoms with Gasteiger partial charge in [0, 0.05) is 18.9 Å². The van der Waals surface area contributed by atoms with E-state index in [9.17, 15) is 9.59 Å². The predicted octanol–water partition coefficient (Wildman–Crippen LogP) is 8.51. The monoisotopic (exact) mass is 833 g/mol. The zero-order valence-electron chi connectivity index (χ0n) is 38.5. The molecule has 0 atom stereocenters. The van der Waals surface area contributed by atoms with Crippen LogP contribution in [0.1, 0.15) is 227 Å². The maximum Gasteiger partial charge on any atom is 1.00 e. The molecule has 0 aliphatic heterocycles. The Labute approximate surface area is 384 Å². The molecule has 2 spiro atoms. The predicted molar refractivity (Wildman–Crippen MR) is 241 cm³/mol. The van der Waals surface area contributed by atoms with Crippen molar-refractivity contribution in [2.24, 2.45) is 32.5 Å². The van der Waals surface area contributed by atoms with Gasteiger partial charge < -0.3 is 26.7 Å². The van der Waals surface area contributed by atoms with Gasteiger partial charge in [-0.25, -0.2) is 6.57 Å². The zero-order valence-corrected chi connectivity index (χ0v) is 37.5. The van der Waals surface area contributed by atoms with Crippen LogP contribution < -0.4 is 24.6 Å². The molecule has 6 aliphatic carbocycles. The number of rotatable bonds is 10. The third kappa shape index (κ3) is 20.5. The summed E-state index contributed by atoms with van der Waals surface area (Å²) in [5.41, 5.74) is 8.47. The van der Waals surface area contributed by atoms with Gasteiger partial charge in [-0.05, 0) is 145 Å². The molecule has 0 radical (unpaired) electrons. The Morgan fingerprint density at radius 2 is 1.14 bits per heavy atom. The number of hydrogen-bond donors (Lipinski definition) is 2. The minimum Gasteiger partial charge on any atom is -1.00 e. The summed E-state index contributed by atoms with van der Waals surface area (Å²) in [6.07, 6.45) is 39.6. The Kier molecular flexibility index (Phi) is 28.7. The third-order valence-electron chi connectivity index (χ3n) is 14.9. The van der Waals surface area contributed by atoms with Gasteiger partial charge in [-0.15, -0.1) is 0 Å². The van der Waals surface area contributed by atoms with E-state index in [1.54, 1.807) is 13.8 Å². The molecule has 3 N–H and O–H groups in total. The Morgan fingerprint density at radius 3 is 1.53 bits per heavy atom. The van der Waals surface area contributed by atoms with Gasteiger partial charge in [0.1, 0.15) is 0 Å². The van der Waals surface area contributed by atoms with E-state index >= 15 is 0 Å². The first kappa shape index (κ1) is 55.5. The molecule has 0 unspecified atom stereocenters. The van der Waals surface area contributed by atoms with Crippen molar-refractivity contribution >= 4 is 35.0 Å². The van der Waals surface area contributed by atoms with Crippen LogP contribution in [-0.4, -0.2) is 66.0 Å². The summed E-state index contributed by atoms with van der Waals surface area (Å²) in [7, 11) is 0. The summed E-state index contributed by atoms with van der Waals surface area (Å²) in [5.74, 6) is -0.382. The van der Waals surface area contributed by atoms with Crippen LogP contribution in [0.2, 0.25) is 0 Å². The summed E-state index contributed by atoms with van der Waals surface area (Å²) in [6, 6.07) is 2.76. The molecule has 0 aromatic carbocycles. The molecule has 59 heavy (non-hydrogen) atoms. The van der Waals surface area contributed by atoms with E-state index in [1.165, 1.54) is 141 Å². The minimum absolute atomic E-state index is 0. The van der Waals surface area contributed by atoms with E-state index in [4.69, 9.17) is 32.2 Å². The van der Waals surface area contributed by atoms with Gasteiger partial charge in [0.05, 0.1) is 37.8 Å². The second-order valence-corrected chi connectivity index (χ2v) is 19.0. The molecule has 0 amide bonds. The van der Waals surface area contributed by atoms with E-state index in [0.29, 0.717) is 55.9 Å². The first-order chi connectivity index (χ1) is 27.6. The number of carbonyl (C=O) groups excluding carboxylic acids is 2. The number of esters is 2. The minimum atomic E-state index is -0.225. The van der Waals surface area contributed by atoms with Crippen LogP contribution in [0.3, 0.4) is 0 Å². The van der Waals surface area contributed by atoms with Crippen LogP contribution in [0.4, 0.5) is 0 Å². The van der Waals surface area contributed by atoms with Crippen LogP contribution in [0, 0.1) is 39.6 Å². The molecule has 0 saturated heterocycles. The molecule has 6 aliphatic rings. The maximum absolute atomic E-state index is 11.7. The fourth-order valence-corrected chi connectivity index (χ4v) is 11.3. The van der Waals surface area contributed by atoms with E-state index in [2.05, 4.69) is 16.1 Å². The van der Waals surface area contributed by atoms with Gasteiger partial charge in [0.2, 0.25) is 6.54 Å². The van der Waals surface area contributed by atoms with Crippen molar-refractivity contribution in [1.29, 1.82) is 5.26 Å². The number of ether oxygens (including phenoxy) is 2. The number of nitriles is 1. The summed E-state index contributed by atoms with van der Waals surface area (Å²) >= 11 is 0. The maximum atomic E-state index is 11.7. The number of hydrogen-bond acceptors (Lipinski definition) is 8. The molecule has 0 heterocycles. The molecule has 0 aromatic heterocycles. The number of nitrogens with two attached hydrogens (primary N) is 1. The van der Waals surface area contributed by atoms with Crippen molar-refractivity contribution in [3.8, 4) is 6.07 Å². The van der Waals surface area contributed by atoms with Crippen LogP contribution >= 0.6 is 0 Å². The van der Waals surface area contributed by atoms with Crippen molar-refractivity contribution in [3.63, 3.8) is 0 Å². The van der Waals surface area contributed by atoms with Crippen LogP contribution in [0.5, 0.6) is 0 Å². The average Bonchev–Trinajstić information content (AvgIpc) is 3.23. The standard InChI is InChI=1S/C14H24O4.C12H18N2.C11H19NO.C11H21N.Al.Li.4H/c1-3-17-12(15)10-14(8-6-5-7-9-14)11-13(16)18-4-2;1-14-11-9-12(8-5-10-13)6-3-2-4-7-12;13-12-10-4-8-11(9-5-10)6-2-1-3-7-11;12-10-4-8-11(9-5-10)6-2-1-3-7-11;;;;;;/h3-11H2,1-2H3;2-9,11H2;13H,1-9H2;10H,1-9,12H2;;;;;;/q;;;;;+1;;;;-1. The number of oxime groups is 1. The van der Waals surface area contributed by atoms with Crippen LogP contribution in [0.25, 0.3) is 4.85 Å². The van der Waals surface area contributed by atoms with Gasteiger partial charge in [-0.3, -0.25) is 9.59 Å². The summed E-state index contributed by atoms with van der Waals surface area (Å²) in [4.78, 5) is 26.8. The van der Waals surface area contributed by atoms with Gasteiger partial charge in [-0.1, -0.05) is 82.2 Å². The van der Waals surface area contributed by atoms with Gasteiger partial charge in [0.25, 0.3) is 0 Å². The first-order valence-corrected chi connectivity index (χ1v) is 23.6. The van der Waals surface area contributed by atoms with Crippen molar-refractivity contribution in [2.75, 3.05) is 19.8 Å². The number of nitrogens with zero attached hydrogens (tertiary/aromatic N) is 3. The third-order valence-corrected chi connectivity index (χ3v) is 14.9. The summed E-state index contributed by atoms with van der Waals surface area (Å²) in [5, 5.41) is 20.6. The molecule has 6 fully saturated rings. The quantitative estimate of drug-likeness (QED) is 0.0740. The van der Waals surface area contributed by atoms with Gasteiger partial charge >= 0.3 is 30.8 Å². The van der Waals surface area contributed by atoms with Crippen LogP contribution in [0.15, 0.2) is 5.16 Å². The molecular weight excluding hydrogens is 746 g/mol. The zero-order chi connectivity index (χ0) is 41.3. The Morgan fingerprint density at radius 1 is 0.729 bits per heavy atom. The van der Waals surface area contributed by atoms with Gasteiger partial charge in [-0.2, -0.15) is 5.26 Å².